The summed E-state index contributed by atoms with van der Waals surface area (Å²) in [5, 5.41) is 4.64. The fourth-order valence-corrected chi connectivity index (χ4v) is 2.24. The van der Waals surface area contributed by atoms with Crippen LogP contribution in [0.5, 0.6) is 0 Å². The van der Waals surface area contributed by atoms with E-state index in [2.05, 4.69) is 23.3 Å². The summed E-state index contributed by atoms with van der Waals surface area (Å²) < 4.78 is 0. The molecule has 4 N–H and O–H groups in total. The molecule has 0 saturated heterocycles. The van der Waals surface area contributed by atoms with E-state index in [9.17, 15) is 24.0 Å². The Bertz CT molecular complexity index is 510. The lowest BCUT2D eigenvalue weighted by atomic mass is 10.1. The molecule has 0 saturated carbocycles. The third-order valence-corrected chi connectivity index (χ3v) is 3.57. The molecule has 0 bridgehead atoms. The molecule has 8 nitrogen and oxygen atoms in total. The van der Waals surface area contributed by atoms with E-state index in [1.54, 1.807) is 6.92 Å². The molecule has 0 fully saturated rings. The highest BCUT2D eigenvalue weighted by molar-refractivity contribution is 7.96. The Kier molecular flexibility index (Phi) is 11.5. The first-order chi connectivity index (χ1) is 11.6. The van der Waals surface area contributed by atoms with E-state index in [-0.39, 0.29) is 43.4 Å². The first-order valence-corrected chi connectivity index (χ1v) is 8.71. The molecule has 2 atom stereocenters. The van der Waals surface area contributed by atoms with E-state index < -0.39 is 23.0 Å². The molecule has 0 aliphatic heterocycles. The van der Waals surface area contributed by atoms with Crippen LogP contribution in [0, 0.1) is 0 Å². The van der Waals surface area contributed by atoms with Gasteiger partial charge in [-0.1, -0.05) is 13.3 Å². The summed E-state index contributed by atoms with van der Waals surface area (Å²) in [5.41, 5.74) is 5.13. The highest BCUT2D eigenvalue weighted by Gasteiger charge is 2.24. The number of carbonyl (C=O) groups excluding carboxylic acids is 5. The zero-order chi connectivity index (χ0) is 19.4. The second-order valence-electron chi connectivity index (χ2n) is 5.95. The topological polar surface area (TPSA) is 135 Å². The van der Waals surface area contributed by atoms with Gasteiger partial charge in [-0.15, -0.1) is 12.6 Å². The average molecular weight is 373 g/mol. The Labute approximate surface area is 153 Å². The lowest BCUT2D eigenvalue weighted by Gasteiger charge is -2.20. The predicted molar refractivity (Wildman–Crippen MR) is 95.7 cm³/mol. The lowest BCUT2D eigenvalue weighted by molar-refractivity contribution is -0.131. The summed E-state index contributed by atoms with van der Waals surface area (Å²) in [7, 11) is 0. The van der Waals surface area contributed by atoms with E-state index in [0.29, 0.717) is 12.8 Å². The van der Waals surface area contributed by atoms with Gasteiger partial charge in [-0.3, -0.25) is 24.0 Å². The molecule has 142 valence electrons. The highest BCUT2D eigenvalue weighted by atomic mass is 32.1. The van der Waals surface area contributed by atoms with Crippen LogP contribution in [0.3, 0.4) is 0 Å². The summed E-state index contributed by atoms with van der Waals surface area (Å²) in [5.74, 6) is -1.82. The third kappa shape index (κ3) is 12.2. The normalized spacial score (nSPS) is 12.8. The van der Waals surface area contributed by atoms with Gasteiger partial charge in [-0.05, 0) is 19.8 Å². The van der Waals surface area contributed by atoms with Gasteiger partial charge in [0.25, 0.3) is 0 Å². The maximum Gasteiger partial charge on any atom is 0.243 e. The standard InChI is InChI=1S/C16H27N3O5S/c1-3-4-5-14(22)19-12(9-13(17)21)16(24)18-10(2)6-7-11(20)8-15(23)25/h10,12H,3-9H2,1-2H3,(H2,17,21)(H,18,24)(H,19,22)(H,23,25)/t10-,12+/m0/s1. The minimum atomic E-state index is -1.04. The van der Waals surface area contributed by atoms with Gasteiger partial charge >= 0.3 is 0 Å². The van der Waals surface area contributed by atoms with Crippen LogP contribution in [0.1, 0.15) is 58.8 Å². The zero-order valence-electron chi connectivity index (χ0n) is 14.7. The van der Waals surface area contributed by atoms with Crippen molar-refractivity contribution in [1.29, 1.82) is 0 Å². The SMILES string of the molecule is CCCCC(=O)N[C@H](CC(N)=O)C(=O)N[C@@H](C)CCC(=O)CC(=O)S. The fourth-order valence-electron chi connectivity index (χ4n) is 2.06. The average Bonchev–Trinajstić information content (AvgIpc) is 2.49. The van der Waals surface area contributed by atoms with Gasteiger partial charge in [0.1, 0.15) is 11.8 Å². The Morgan fingerprint density at radius 1 is 1.08 bits per heavy atom. The van der Waals surface area contributed by atoms with E-state index >= 15 is 0 Å². The molecule has 0 aliphatic carbocycles. The van der Waals surface area contributed by atoms with Crippen molar-refractivity contribution >= 4 is 41.2 Å². The van der Waals surface area contributed by atoms with Crippen LogP contribution < -0.4 is 16.4 Å². The molecule has 0 aliphatic rings. The summed E-state index contributed by atoms with van der Waals surface area (Å²) >= 11 is 3.54. The third-order valence-electron chi connectivity index (χ3n) is 3.41. The first-order valence-electron chi connectivity index (χ1n) is 8.27. The first kappa shape index (κ1) is 23.1. The molecule has 0 aromatic rings. The number of thiol groups is 1. The number of nitrogens with one attached hydrogen (secondary N) is 2. The van der Waals surface area contributed by atoms with Crippen LogP contribution in [0.2, 0.25) is 0 Å². The minimum absolute atomic E-state index is 0.122. The van der Waals surface area contributed by atoms with Gasteiger partial charge in [0.2, 0.25) is 17.7 Å². The molecule has 9 heteroatoms. The fraction of sp³-hybridized carbons (Fsp3) is 0.688. The summed E-state index contributed by atoms with van der Waals surface area (Å²) in [4.78, 5) is 57.3. The van der Waals surface area contributed by atoms with Crippen LogP contribution in [0.25, 0.3) is 0 Å². The molecule has 0 heterocycles. The molecule has 0 aromatic carbocycles. The smallest absolute Gasteiger partial charge is 0.243 e. The van der Waals surface area contributed by atoms with Gasteiger partial charge in [0, 0.05) is 18.9 Å². The van der Waals surface area contributed by atoms with Crippen molar-refractivity contribution in [3.05, 3.63) is 0 Å². The number of rotatable bonds is 13. The molecule has 0 spiro atoms. The van der Waals surface area contributed by atoms with E-state index in [1.807, 2.05) is 6.92 Å². The molecule has 3 amide bonds. The molecule has 0 radical (unpaired) electrons. The number of ketones is 1. The van der Waals surface area contributed by atoms with Gasteiger partial charge < -0.3 is 16.4 Å². The van der Waals surface area contributed by atoms with E-state index in [1.165, 1.54) is 0 Å². The second kappa shape index (κ2) is 12.5. The Hall–Kier alpha value is -1.90. The Morgan fingerprint density at radius 2 is 1.72 bits per heavy atom. The number of Topliss-reactive ketones (excluding diaryl/α,β-unsaturated/α-hetero) is 1. The zero-order valence-corrected chi connectivity index (χ0v) is 15.6. The molecule has 0 unspecified atom stereocenters. The monoisotopic (exact) mass is 373 g/mol. The van der Waals surface area contributed by atoms with Gasteiger partial charge in [-0.25, -0.2) is 0 Å². The van der Waals surface area contributed by atoms with Crippen molar-refractivity contribution < 1.29 is 24.0 Å². The number of hydrogen-bond donors (Lipinski definition) is 4. The van der Waals surface area contributed by atoms with Crippen molar-refractivity contribution in [2.45, 2.75) is 70.9 Å². The van der Waals surface area contributed by atoms with Crippen LogP contribution >= 0.6 is 12.6 Å². The van der Waals surface area contributed by atoms with Gasteiger partial charge in [0.05, 0.1) is 12.8 Å². The molecule has 25 heavy (non-hydrogen) atoms. The van der Waals surface area contributed by atoms with Crippen LogP contribution in [0.15, 0.2) is 0 Å². The minimum Gasteiger partial charge on any atom is -0.370 e. The number of amides is 3. The summed E-state index contributed by atoms with van der Waals surface area (Å²) in [6.45, 7) is 3.62. The van der Waals surface area contributed by atoms with Gasteiger partial charge in [-0.2, -0.15) is 0 Å². The quantitative estimate of drug-likeness (QED) is 0.271. The number of hydrogen-bond acceptors (Lipinski definition) is 5. The number of primary amides is 1. The maximum atomic E-state index is 12.2. The Morgan fingerprint density at radius 3 is 2.24 bits per heavy atom. The highest BCUT2D eigenvalue weighted by Crippen LogP contribution is 2.04. The van der Waals surface area contributed by atoms with E-state index in [4.69, 9.17) is 5.73 Å². The number of carbonyl (C=O) groups is 5. The molecule has 0 rings (SSSR count). The Balaban J connectivity index is 4.53. The second-order valence-corrected chi connectivity index (χ2v) is 6.45. The summed E-state index contributed by atoms with van der Waals surface area (Å²) in [6.07, 6.45) is 1.68. The summed E-state index contributed by atoms with van der Waals surface area (Å²) in [6, 6.07) is -1.41. The van der Waals surface area contributed by atoms with Crippen molar-refractivity contribution in [2.24, 2.45) is 5.73 Å². The largest absolute Gasteiger partial charge is 0.370 e. The van der Waals surface area contributed by atoms with Crippen LogP contribution in [-0.2, 0) is 24.0 Å². The molecule has 0 aromatic heterocycles. The van der Waals surface area contributed by atoms with E-state index in [0.717, 1.165) is 6.42 Å². The van der Waals surface area contributed by atoms with Crippen molar-refractivity contribution in [3.8, 4) is 0 Å². The maximum absolute atomic E-state index is 12.2. The van der Waals surface area contributed by atoms with Crippen molar-refractivity contribution in [1.82, 2.24) is 10.6 Å². The molecular formula is C16H27N3O5S. The van der Waals surface area contributed by atoms with Crippen molar-refractivity contribution in [2.75, 3.05) is 0 Å². The van der Waals surface area contributed by atoms with Crippen LogP contribution in [0.4, 0.5) is 0 Å². The molecular weight excluding hydrogens is 346 g/mol. The lowest BCUT2D eigenvalue weighted by Crippen LogP contribution is -2.50. The predicted octanol–water partition coefficient (Wildman–Crippen LogP) is 0.237. The number of nitrogens with two attached hydrogens (primary N) is 1. The van der Waals surface area contributed by atoms with Crippen LogP contribution in [-0.4, -0.2) is 40.7 Å². The number of unbranched alkanes of at least 4 members (excludes halogenated alkanes) is 1. The van der Waals surface area contributed by atoms with Crippen molar-refractivity contribution in [3.63, 3.8) is 0 Å². The van der Waals surface area contributed by atoms with Gasteiger partial charge in [0.15, 0.2) is 5.12 Å².